The molecule has 19 nitrogen and oxygen atoms in total. The molecule has 83 heavy (non-hydrogen) atoms. The Morgan fingerprint density at radius 2 is 1.81 bits per heavy atom. The molecule has 0 radical (unpaired) electrons. The topological polar surface area (TPSA) is 225 Å². The molecule has 0 spiro atoms. The van der Waals surface area contributed by atoms with Gasteiger partial charge >= 0.3 is 12.1 Å². The molecule has 4 N–H and O–H groups in total. The van der Waals surface area contributed by atoms with Crippen LogP contribution in [0.2, 0.25) is 0 Å². The van der Waals surface area contributed by atoms with Crippen molar-refractivity contribution in [1.82, 2.24) is 50.4 Å². The van der Waals surface area contributed by atoms with Crippen molar-refractivity contribution in [1.29, 1.82) is 0 Å². The number of halogens is 1. The normalized spacial score (nSPS) is 23.1. The SMILES string of the molecule is CCc1cccc2cc(O)cc(-c3ncc4c(N5CC6CCC(C5)N6)nc(OC[C@@]56CCCN5[C@H](COC(=O)N(C)Cc5cc([C@@H](C(=O)N7C[C@H](O)C[C@H]7C(=O)N[C@@H](C)c7ccc(-c8scnc8C)cc7)C(C)C)on5)CC6)nc4c3F)c12. The van der Waals surface area contributed by atoms with Gasteiger partial charge in [0, 0.05) is 69.1 Å². The lowest BCUT2D eigenvalue weighted by molar-refractivity contribution is -0.141. The van der Waals surface area contributed by atoms with Gasteiger partial charge in [0.15, 0.2) is 5.82 Å². The van der Waals surface area contributed by atoms with E-state index in [1.54, 1.807) is 42.8 Å². The van der Waals surface area contributed by atoms with Crippen molar-refractivity contribution in [2.45, 2.75) is 140 Å². The number of likely N-dealkylation sites (tertiary alicyclic amines) is 1. The number of aryl methyl sites for hydroxylation is 2. The lowest BCUT2D eigenvalue weighted by atomic mass is 9.91. The van der Waals surface area contributed by atoms with Gasteiger partial charge in [0.1, 0.15) is 59.4 Å². The number of aliphatic hydroxyl groups excluding tert-OH is 1. The summed E-state index contributed by atoms with van der Waals surface area (Å²) in [6.45, 7) is 12.4. The van der Waals surface area contributed by atoms with E-state index in [1.807, 2.05) is 82.6 Å². The predicted octanol–water partition coefficient (Wildman–Crippen LogP) is 8.84. The summed E-state index contributed by atoms with van der Waals surface area (Å²) in [4.78, 5) is 69.4. The molecule has 5 saturated heterocycles. The van der Waals surface area contributed by atoms with Gasteiger partial charge in [-0.05, 0) is 111 Å². The maximum absolute atomic E-state index is 17.4. The number of thiazole rings is 1. The number of carbonyl (C=O) groups excluding carboxylic acids is 3. The zero-order valence-electron chi connectivity index (χ0n) is 47.8. The Balaban J connectivity index is 0.691. The Bertz CT molecular complexity index is 3570. The third-order valence-corrected chi connectivity index (χ3v) is 18.9. The second-order valence-corrected chi connectivity index (χ2v) is 24.7. The van der Waals surface area contributed by atoms with Gasteiger partial charge in [-0.25, -0.2) is 14.2 Å². The molecule has 2 bridgehead atoms. The molecule has 5 aliphatic heterocycles. The summed E-state index contributed by atoms with van der Waals surface area (Å²) in [5.74, 6) is -1.49. The third-order valence-electron chi connectivity index (χ3n) is 17.9. The van der Waals surface area contributed by atoms with Crippen molar-refractivity contribution in [3.8, 4) is 33.5 Å². The number of aliphatic hydroxyl groups is 1. The molecular formula is C62H72FN11O8S. The number of ether oxygens (including phenoxy) is 2. The second-order valence-electron chi connectivity index (χ2n) is 23.8. The van der Waals surface area contributed by atoms with Crippen LogP contribution in [0.5, 0.6) is 11.8 Å². The second kappa shape index (κ2) is 23.0. The number of nitrogens with zero attached hydrogens (tertiary/aromatic N) is 9. The Labute approximate surface area is 485 Å². The molecule has 8 atom stereocenters. The van der Waals surface area contributed by atoms with E-state index in [2.05, 4.69) is 30.6 Å². The number of benzene rings is 3. The molecule has 436 valence electrons. The largest absolute Gasteiger partial charge is 0.508 e. The molecule has 2 unspecified atom stereocenters. The summed E-state index contributed by atoms with van der Waals surface area (Å²) in [6, 6.07) is 18.1. The van der Waals surface area contributed by atoms with E-state index in [0.717, 1.165) is 83.1 Å². The lowest BCUT2D eigenvalue weighted by Crippen LogP contribution is -2.51. The average Bonchev–Trinajstić information content (AvgIpc) is 3.35. The zero-order valence-corrected chi connectivity index (χ0v) is 48.6. The Hall–Kier alpha value is -7.33. The molecule has 4 aromatic heterocycles. The quantitative estimate of drug-likeness (QED) is 0.0668. The van der Waals surface area contributed by atoms with Crippen molar-refractivity contribution >= 4 is 56.7 Å². The number of phenolic OH excluding ortho intramolecular Hbond substituents is 1. The number of β-amino-alcohol motifs (C(OH)–C–C–N with tert-alkyl or cyclic N) is 1. The maximum Gasteiger partial charge on any atom is 0.409 e. The van der Waals surface area contributed by atoms with Gasteiger partial charge in [0.05, 0.1) is 45.7 Å². The number of pyridine rings is 1. The smallest absolute Gasteiger partial charge is 0.409 e. The predicted molar refractivity (Wildman–Crippen MR) is 312 cm³/mol. The molecule has 3 aromatic carbocycles. The van der Waals surface area contributed by atoms with Crippen molar-refractivity contribution < 1.29 is 43.0 Å². The van der Waals surface area contributed by atoms with Crippen LogP contribution in [0.3, 0.4) is 0 Å². The number of hydrogen-bond acceptors (Lipinski definition) is 17. The number of aromatic nitrogens is 5. The average molecular weight is 1150 g/mol. The first-order chi connectivity index (χ1) is 40.0. The molecule has 12 rings (SSSR count). The van der Waals surface area contributed by atoms with Crippen LogP contribution < -0.4 is 20.3 Å². The fourth-order valence-corrected chi connectivity index (χ4v) is 14.5. The summed E-state index contributed by atoms with van der Waals surface area (Å²) >= 11 is 1.57. The van der Waals surface area contributed by atoms with E-state index in [-0.39, 0.29) is 103 Å². The van der Waals surface area contributed by atoms with Crippen molar-refractivity contribution in [3.05, 3.63) is 106 Å². The van der Waals surface area contributed by atoms with Crippen LogP contribution >= 0.6 is 11.3 Å². The highest BCUT2D eigenvalue weighted by molar-refractivity contribution is 7.13. The van der Waals surface area contributed by atoms with Gasteiger partial charge in [-0.15, -0.1) is 11.3 Å². The first-order valence-electron chi connectivity index (χ1n) is 29.2. The molecule has 0 saturated carbocycles. The van der Waals surface area contributed by atoms with E-state index in [9.17, 15) is 24.6 Å². The molecule has 3 amide bonds. The number of phenols is 1. The van der Waals surface area contributed by atoms with Crippen LogP contribution in [0.4, 0.5) is 15.0 Å². The van der Waals surface area contributed by atoms with Crippen LogP contribution in [-0.4, -0.2) is 150 Å². The van der Waals surface area contributed by atoms with Crippen LogP contribution in [0.15, 0.2) is 76.9 Å². The third kappa shape index (κ3) is 11.0. The highest BCUT2D eigenvalue weighted by Crippen LogP contribution is 2.44. The molecular weight excluding hydrogens is 1080 g/mol. The van der Waals surface area contributed by atoms with Gasteiger partial charge in [-0.3, -0.25) is 19.5 Å². The first kappa shape index (κ1) is 56.2. The number of hydrogen-bond donors (Lipinski definition) is 4. The Kier molecular flexibility index (Phi) is 15.6. The van der Waals surface area contributed by atoms with Gasteiger partial charge in [0.25, 0.3) is 0 Å². The van der Waals surface area contributed by atoms with Crippen LogP contribution in [-0.2, 0) is 27.3 Å². The minimum Gasteiger partial charge on any atom is -0.508 e. The fraction of sp³-hybridized carbons (Fsp3) is 0.484. The molecule has 0 aliphatic carbocycles. The highest BCUT2D eigenvalue weighted by Gasteiger charge is 2.51. The number of piperazine rings is 1. The van der Waals surface area contributed by atoms with Crippen molar-refractivity contribution in [2.24, 2.45) is 5.92 Å². The standard InChI is InChI=1S/C62H72FN11O8S/c1-7-37-10-8-11-40-22-45(75)24-47(52(37)40)54-53(63)55-48(26-64-54)57(72-28-41-16-17-42(29-72)67-41)69-60(68-55)81-32-62-19-9-21-74(62)44(18-20-62)31-80-61(79)71(6)27-43-23-50(82-70-43)51(34(2)3)59(78)73-30-46(76)25-49(73)58(77)66-35(4)38-12-14-39(15-13-38)56-36(5)65-33-83-56/h8,10-15,22-24,26,33-35,41-42,44,46,49,51,67,75-76H,7,9,16-21,25,27-32H2,1-6H3,(H,66,77)/t35-,41?,42?,44-,46+,49-,51-,62-/m0/s1. The van der Waals surface area contributed by atoms with E-state index in [4.69, 9.17) is 28.9 Å². The number of aromatic hydroxyl groups is 1. The fourth-order valence-electron chi connectivity index (χ4n) is 13.7. The number of carbonyl (C=O) groups is 3. The summed E-state index contributed by atoms with van der Waals surface area (Å²) in [5, 5.41) is 34.8. The maximum atomic E-state index is 17.4. The van der Waals surface area contributed by atoms with E-state index in [1.165, 1.54) is 9.80 Å². The summed E-state index contributed by atoms with van der Waals surface area (Å²) < 4.78 is 35.8. The minimum absolute atomic E-state index is 0.00159. The number of fused-ring (bicyclic) bond motifs is 5. The molecule has 21 heteroatoms. The summed E-state index contributed by atoms with van der Waals surface area (Å²) in [6.07, 6.45) is 6.48. The van der Waals surface area contributed by atoms with E-state index in [0.29, 0.717) is 47.7 Å². The van der Waals surface area contributed by atoms with Crippen molar-refractivity contribution in [3.63, 3.8) is 0 Å². The lowest BCUT2D eigenvalue weighted by Gasteiger charge is -2.35. The molecule has 5 fully saturated rings. The Morgan fingerprint density at radius 3 is 2.55 bits per heavy atom. The van der Waals surface area contributed by atoms with Gasteiger partial charge in [0.2, 0.25) is 11.8 Å². The van der Waals surface area contributed by atoms with Crippen molar-refractivity contribution in [2.75, 3.05) is 51.3 Å². The van der Waals surface area contributed by atoms with Gasteiger partial charge in [-0.2, -0.15) is 9.97 Å². The van der Waals surface area contributed by atoms with Gasteiger partial charge < -0.3 is 49.5 Å². The van der Waals surface area contributed by atoms with Gasteiger partial charge in [-0.1, -0.05) is 68.4 Å². The summed E-state index contributed by atoms with van der Waals surface area (Å²) in [7, 11) is 1.62. The van der Waals surface area contributed by atoms with Crippen LogP contribution in [0.25, 0.3) is 43.4 Å². The number of amides is 3. The number of rotatable bonds is 17. The monoisotopic (exact) mass is 1150 g/mol. The van der Waals surface area contributed by atoms with Crippen LogP contribution in [0.1, 0.15) is 113 Å². The summed E-state index contributed by atoms with van der Waals surface area (Å²) in [5.41, 5.74) is 6.48. The molecule has 7 aromatic rings. The highest BCUT2D eigenvalue weighted by atomic mass is 32.1. The molecule has 9 heterocycles. The number of anilines is 1. The molecule has 5 aliphatic rings. The van der Waals surface area contributed by atoms with Crippen LogP contribution in [0, 0.1) is 18.7 Å². The van der Waals surface area contributed by atoms with E-state index < -0.39 is 30.0 Å². The Morgan fingerprint density at radius 1 is 1.01 bits per heavy atom. The van der Waals surface area contributed by atoms with E-state index >= 15 is 4.39 Å². The minimum atomic E-state index is -0.890. The zero-order chi connectivity index (χ0) is 57.8. The first-order valence-corrected chi connectivity index (χ1v) is 30.1. The number of nitrogens with one attached hydrogen (secondary N) is 2.